The number of benzene rings is 1. The fourth-order valence-corrected chi connectivity index (χ4v) is 2.38. The van der Waals surface area contributed by atoms with Gasteiger partial charge in [0, 0.05) is 28.9 Å². The Balaban J connectivity index is 1.93. The van der Waals surface area contributed by atoms with Crippen LogP contribution in [0, 0.1) is 0 Å². The third-order valence-electron chi connectivity index (χ3n) is 2.86. The monoisotopic (exact) mass is 312 g/mol. The van der Waals surface area contributed by atoms with Gasteiger partial charge in [0.2, 0.25) is 5.91 Å². The van der Waals surface area contributed by atoms with Gasteiger partial charge >= 0.3 is 0 Å². The summed E-state index contributed by atoms with van der Waals surface area (Å²) in [5.74, 6) is 0.0134. The maximum atomic E-state index is 11.8. The average Bonchev–Trinajstić information content (AvgIpc) is 2.65. The van der Waals surface area contributed by atoms with E-state index in [0.29, 0.717) is 0 Å². The van der Waals surface area contributed by atoms with E-state index in [-0.39, 0.29) is 11.9 Å². The second kappa shape index (κ2) is 6.31. The van der Waals surface area contributed by atoms with Gasteiger partial charge in [-0.3, -0.25) is 4.79 Å². The van der Waals surface area contributed by atoms with Gasteiger partial charge in [0.25, 0.3) is 0 Å². The smallest absolute Gasteiger partial charge is 0.246 e. The third kappa shape index (κ3) is 3.10. The molecule has 1 aliphatic heterocycles. The first kappa shape index (κ1) is 13.5. The number of rotatable bonds is 6. The zero-order valence-corrected chi connectivity index (χ0v) is 11.9. The predicted molar refractivity (Wildman–Crippen MR) is 74.6 cm³/mol. The Bertz CT molecular complexity index is 437. The predicted octanol–water partition coefficient (Wildman–Crippen LogP) is 2.46. The number of hydrogen-bond acceptors (Lipinski definition) is 3. The highest BCUT2D eigenvalue weighted by atomic mass is 79.9. The average molecular weight is 313 g/mol. The van der Waals surface area contributed by atoms with Gasteiger partial charge in [-0.1, -0.05) is 15.9 Å². The summed E-state index contributed by atoms with van der Waals surface area (Å²) in [5, 5.41) is 6.13. The van der Waals surface area contributed by atoms with Crippen LogP contribution in [0.1, 0.15) is 24.9 Å². The topological polar surface area (TPSA) is 50.4 Å². The van der Waals surface area contributed by atoms with Crippen molar-refractivity contribution in [2.24, 2.45) is 0 Å². The minimum absolute atomic E-state index is 0.0134. The molecular weight excluding hydrogens is 296 g/mol. The summed E-state index contributed by atoms with van der Waals surface area (Å²) in [6, 6.07) is 5.57. The molecule has 1 unspecified atom stereocenters. The van der Waals surface area contributed by atoms with E-state index in [1.54, 1.807) is 0 Å². The number of carbonyl (C=O) groups is 1. The molecule has 1 atom stereocenters. The molecule has 0 spiro atoms. The summed E-state index contributed by atoms with van der Waals surface area (Å²) < 4.78 is 6.25. The minimum atomic E-state index is -0.251. The highest BCUT2D eigenvalue weighted by Gasteiger charge is 2.29. The first-order valence-electron chi connectivity index (χ1n) is 6.14. The Labute approximate surface area is 115 Å². The van der Waals surface area contributed by atoms with Crippen molar-refractivity contribution in [2.75, 3.05) is 25.1 Å². The number of fused-ring (bicyclic) bond motifs is 1. The van der Waals surface area contributed by atoms with Crippen molar-refractivity contribution in [3.05, 3.63) is 28.2 Å². The van der Waals surface area contributed by atoms with Crippen molar-refractivity contribution >= 4 is 27.5 Å². The molecular formula is C13H17BrN2O2. The van der Waals surface area contributed by atoms with Gasteiger partial charge in [0.1, 0.15) is 6.04 Å². The van der Waals surface area contributed by atoms with Crippen LogP contribution in [0.15, 0.2) is 22.7 Å². The van der Waals surface area contributed by atoms with E-state index in [9.17, 15) is 4.79 Å². The van der Waals surface area contributed by atoms with Gasteiger partial charge in [-0.05, 0) is 38.1 Å². The zero-order valence-electron chi connectivity index (χ0n) is 10.3. The molecule has 1 heterocycles. The first-order chi connectivity index (χ1) is 8.72. The SMILES string of the molecule is CCOCCCNC1C(=O)Nc2ccc(Br)cc21. The van der Waals surface area contributed by atoms with Crippen molar-refractivity contribution in [1.29, 1.82) is 0 Å². The molecule has 0 aromatic heterocycles. The molecule has 1 aromatic carbocycles. The van der Waals surface area contributed by atoms with Crippen LogP contribution in [-0.2, 0) is 9.53 Å². The zero-order chi connectivity index (χ0) is 13.0. The number of hydrogen-bond donors (Lipinski definition) is 2. The molecule has 1 aliphatic rings. The highest BCUT2D eigenvalue weighted by molar-refractivity contribution is 9.10. The Morgan fingerprint density at radius 1 is 1.50 bits per heavy atom. The molecule has 18 heavy (non-hydrogen) atoms. The van der Waals surface area contributed by atoms with Crippen molar-refractivity contribution in [2.45, 2.75) is 19.4 Å². The standard InChI is InChI=1S/C13H17BrN2O2/c1-2-18-7-3-6-15-12-10-8-9(14)4-5-11(10)16-13(12)17/h4-5,8,12,15H,2-3,6-7H2,1H3,(H,16,17). The molecule has 0 bridgehead atoms. The Morgan fingerprint density at radius 3 is 3.11 bits per heavy atom. The molecule has 1 aromatic rings. The number of amides is 1. The number of anilines is 1. The summed E-state index contributed by atoms with van der Waals surface area (Å²) in [4.78, 5) is 11.8. The number of carbonyl (C=O) groups excluding carboxylic acids is 1. The van der Waals surface area contributed by atoms with Crippen LogP contribution in [-0.4, -0.2) is 25.7 Å². The molecule has 2 N–H and O–H groups in total. The van der Waals surface area contributed by atoms with E-state index in [1.165, 1.54) is 0 Å². The third-order valence-corrected chi connectivity index (χ3v) is 3.36. The van der Waals surface area contributed by atoms with Crippen LogP contribution in [0.3, 0.4) is 0 Å². The van der Waals surface area contributed by atoms with Crippen LogP contribution in [0.4, 0.5) is 5.69 Å². The van der Waals surface area contributed by atoms with Gasteiger partial charge in [-0.2, -0.15) is 0 Å². The van der Waals surface area contributed by atoms with E-state index in [0.717, 1.165) is 41.9 Å². The van der Waals surface area contributed by atoms with E-state index in [1.807, 2.05) is 25.1 Å². The Hall–Kier alpha value is -0.910. The number of ether oxygens (including phenoxy) is 1. The second-order valence-corrected chi connectivity index (χ2v) is 5.07. The maximum Gasteiger partial charge on any atom is 0.246 e. The van der Waals surface area contributed by atoms with Crippen LogP contribution >= 0.6 is 15.9 Å². The van der Waals surface area contributed by atoms with Crippen LogP contribution in [0.2, 0.25) is 0 Å². The highest BCUT2D eigenvalue weighted by Crippen LogP contribution is 2.32. The van der Waals surface area contributed by atoms with E-state index < -0.39 is 0 Å². The van der Waals surface area contributed by atoms with Crippen LogP contribution < -0.4 is 10.6 Å². The van der Waals surface area contributed by atoms with Crippen LogP contribution in [0.5, 0.6) is 0 Å². The summed E-state index contributed by atoms with van der Waals surface area (Å²) in [5.41, 5.74) is 1.90. The van der Waals surface area contributed by atoms with Crippen molar-refractivity contribution in [3.63, 3.8) is 0 Å². The van der Waals surface area contributed by atoms with E-state index in [4.69, 9.17) is 4.74 Å². The van der Waals surface area contributed by atoms with Crippen molar-refractivity contribution in [3.8, 4) is 0 Å². The van der Waals surface area contributed by atoms with Gasteiger partial charge in [0.15, 0.2) is 0 Å². The van der Waals surface area contributed by atoms with Gasteiger partial charge < -0.3 is 15.4 Å². The van der Waals surface area contributed by atoms with Crippen molar-refractivity contribution < 1.29 is 9.53 Å². The molecule has 4 nitrogen and oxygen atoms in total. The fourth-order valence-electron chi connectivity index (χ4n) is 2.00. The fraction of sp³-hybridized carbons (Fsp3) is 0.462. The molecule has 98 valence electrons. The molecule has 5 heteroatoms. The summed E-state index contributed by atoms with van der Waals surface area (Å²) in [7, 11) is 0. The minimum Gasteiger partial charge on any atom is -0.382 e. The molecule has 0 saturated carbocycles. The maximum absolute atomic E-state index is 11.8. The molecule has 0 radical (unpaired) electrons. The number of nitrogens with one attached hydrogen (secondary N) is 2. The molecule has 0 aliphatic carbocycles. The largest absolute Gasteiger partial charge is 0.382 e. The summed E-state index contributed by atoms with van der Waals surface area (Å²) >= 11 is 3.43. The lowest BCUT2D eigenvalue weighted by Crippen LogP contribution is -2.28. The summed E-state index contributed by atoms with van der Waals surface area (Å²) in [6.07, 6.45) is 0.904. The quantitative estimate of drug-likeness (QED) is 0.793. The first-order valence-corrected chi connectivity index (χ1v) is 6.93. The van der Waals surface area contributed by atoms with Crippen molar-refractivity contribution in [1.82, 2.24) is 5.32 Å². The lowest BCUT2D eigenvalue weighted by atomic mass is 10.1. The molecule has 1 amide bonds. The second-order valence-electron chi connectivity index (χ2n) is 4.16. The van der Waals surface area contributed by atoms with Gasteiger partial charge in [0.05, 0.1) is 0 Å². The summed E-state index contributed by atoms with van der Waals surface area (Å²) in [6.45, 7) is 4.21. The Morgan fingerprint density at radius 2 is 2.33 bits per heavy atom. The molecule has 2 rings (SSSR count). The van der Waals surface area contributed by atoms with Gasteiger partial charge in [-0.15, -0.1) is 0 Å². The van der Waals surface area contributed by atoms with E-state index >= 15 is 0 Å². The van der Waals surface area contributed by atoms with Crippen LogP contribution in [0.25, 0.3) is 0 Å². The van der Waals surface area contributed by atoms with Gasteiger partial charge in [-0.25, -0.2) is 0 Å². The Kier molecular flexibility index (Phi) is 4.74. The number of halogens is 1. The lowest BCUT2D eigenvalue weighted by molar-refractivity contribution is -0.117. The molecule has 0 saturated heterocycles. The normalized spacial score (nSPS) is 17.7. The lowest BCUT2D eigenvalue weighted by Gasteiger charge is -2.11. The van der Waals surface area contributed by atoms with E-state index in [2.05, 4.69) is 26.6 Å². The molecule has 0 fully saturated rings.